The van der Waals surface area contributed by atoms with Crippen LogP contribution in [-0.2, 0) is 19.4 Å². The van der Waals surface area contributed by atoms with Gasteiger partial charge in [-0.1, -0.05) is 0 Å². The first-order chi connectivity index (χ1) is 13.9. The zero-order chi connectivity index (χ0) is 22.0. The third kappa shape index (κ3) is 2.88. The van der Waals surface area contributed by atoms with E-state index >= 15 is 0 Å². The Morgan fingerprint density at radius 2 is 1.67 bits per heavy atom. The van der Waals surface area contributed by atoms with Crippen molar-refractivity contribution in [3.63, 3.8) is 0 Å². The van der Waals surface area contributed by atoms with Crippen molar-refractivity contribution in [1.29, 1.82) is 0 Å². The lowest BCUT2D eigenvalue weighted by molar-refractivity contribution is -0.143. The smallest absolute Gasteiger partial charge is 0.333 e. The minimum absolute atomic E-state index is 0.0798. The fraction of sp³-hybridized carbons (Fsp3) is 0.176. The number of halogens is 7. The number of alkyl halides is 6. The van der Waals surface area contributed by atoms with E-state index in [1.54, 1.807) is 0 Å². The van der Waals surface area contributed by atoms with Crippen LogP contribution in [-0.4, -0.2) is 24.1 Å². The Labute approximate surface area is 161 Å². The van der Waals surface area contributed by atoms with Gasteiger partial charge in [0.25, 0.3) is 5.56 Å². The topological polar surface area (TPSA) is 65.6 Å². The Kier molecular flexibility index (Phi) is 4.12. The number of aromatic nitrogens is 5. The molecule has 0 saturated carbocycles. The van der Waals surface area contributed by atoms with Crippen LogP contribution in [0, 0.1) is 5.82 Å². The predicted octanol–water partition coefficient (Wildman–Crippen LogP) is 3.84. The molecule has 0 radical (unpaired) electrons. The SMILES string of the molecule is Cn1cnc2c(=O)n(-c3cccnc3C(F)(F)F)c3nc(C(F)(F)F)c(F)cc3c21. The molecule has 0 saturated heterocycles. The van der Waals surface area contributed by atoms with Crippen molar-refractivity contribution in [3.8, 4) is 5.69 Å². The number of hydrogen-bond acceptors (Lipinski definition) is 4. The summed E-state index contributed by atoms with van der Waals surface area (Å²) in [6, 6.07) is 2.39. The average Bonchev–Trinajstić information content (AvgIpc) is 3.03. The molecule has 0 aliphatic rings. The van der Waals surface area contributed by atoms with Crippen molar-refractivity contribution in [2.75, 3.05) is 0 Å². The Morgan fingerprint density at radius 3 is 2.30 bits per heavy atom. The van der Waals surface area contributed by atoms with Crippen molar-refractivity contribution in [2.24, 2.45) is 7.05 Å². The molecule has 0 bridgehead atoms. The van der Waals surface area contributed by atoms with Gasteiger partial charge in [0.05, 0.1) is 17.5 Å². The average molecular weight is 431 g/mol. The third-order valence-corrected chi connectivity index (χ3v) is 4.33. The lowest BCUT2D eigenvalue weighted by Gasteiger charge is -2.17. The summed E-state index contributed by atoms with van der Waals surface area (Å²) < 4.78 is 95.8. The van der Waals surface area contributed by atoms with Crippen LogP contribution in [0.1, 0.15) is 11.4 Å². The highest BCUT2D eigenvalue weighted by Gasteiger charge is 2.39. The molecule has 0 aliphatic heterocycles. The second-order valence-corrected chi connectivity index (χ2v) is 6.25. The quantitative estimate of drug-likeness (QED) is 0.430. The van der Waals surface area contributed by atoms with Gasteiger partial charge in [0.1, 0.15) is 0 Å². The van der Waals surface area contributed by atoms with Gasteiger partial charge in [-0.05, 0) is 18.2 Å². The summed E-state index contributed by atoms with van der Waals surface area (Å²) in [6.07, 6.45) is -8.34. The van der Waals surface area contributed by atoms with Crippen molar-refractivity contribution in [1.82, 2.24) is 24.1 Å². The fourth-order valence-electron chi connectivity index (χ4n) is 3.15. The van der Waals surface area contributed by atoms with Crippen molar-refractivity contribution >= 4 is 22.1 Å². The van der Waals surface area contributed by atoms with Crippen molar-refractivity contribution in [2.45, 2.75) is 12.4 Å². The first-order valence-corrected chi connectivity index (χ1v) is 8.07. The molecule has 4 aromatic rings. The summed E-state index contributed by atoms with van der Waals surface area (Å²) in [5, 5.41) is -0.327. The van der Waals surface area contributed by atoms with Crippen LogP contribution in [0.5, 0.6) is 0 Å². The van der Waals surface area contributed by atoms with Crippen molar-refractivity contribution in [3.05, 3.63) is 58.3 Å². The van der Waals surface area contributed by atoms with Gasteiger partial charge in [-0.25, -0.2) is 19.3 Å². The number of nitrogens with zero attached hydrogens (tertiary/aromatic N) is 5. The van der Waals surface area contributed by atoms with Crippen LogP contribution in [0.25, 0.3) is 27.8 Å². The third-order valence-electron chi connectivity index (χ3n) is 4.33. The van der Waals surface area contributed by atoms with Gasteiger partial charge in [-0.15, -0.1) is 0 Å². The summed E-state index contributed by atoms with van der Waals surface area (Å²) in [4.78, 5) is 23.2. The van der Waals surface area contributed by atoms with Crippen LogP contribution in [0.15, 0.2) is 35.5 Å². The Balaban J connectivity index is 2.28. The lowest BCUT2D eigenvalue weighted by Crippen LogP contribution is -2.25. The Morgan fingerprint density at radius 1 is 1.00 bits per heavy atom. The Bertz CT molecular complexity index is 1370. The van der Waals surface area contributed by atoms with E-state index in [1.807, 2.05) is 0 Å². The molecule has 6 nitrogen and oxygen atoms in total. The van der Waals surface area contributed by atoms with E-state index in [4.69, 9.17) is 0 Å². The van der Waals surface area contributed by atoms with Crippen LogP contribution in [0.2, 0.25) is 0 Å². The van der Waals surface area contributed by atoms with E-state index in [0.29, 0.717) is 10.6 Å². The van der Waals surface area contributed by atoms with Gasteiger partial charge in [0.2, 0.25) is 0 Å². The van der Waals surface area contributed by atoms with Gasteiger partial charge in [-0.3, -0.25) is 9.36 Å². The number of aryl methyl sites for hydroxylation is 1. The van der Waals surface area contributed by atoms with Crippen molar-refractivity contribution < 1.29 is 30.7 Å². The summed E-state index contributed by atoms with van der Waals surface area (Å²) in [7, 11) is 1.39. The number of imidazole rings is 1. The highest BCUT2D eigenvalue weighted by atomic mass is 19.4. The molecular formula is C17H8F7N5O. The fourth-order valence-corrected chi connectivity index (χ4v) is 3.15. The zero-order valence-electron chi connectivity index (χ0n) is 14.7. The Hall–Kier alpha value is -3.51. The summed E-state index contributed by atoms with van der Waals surface area (Å²) in [5.74, 6) is -1.75. The molecule has 0 aromatic carbocycles. The lowest BCUT2D eigenvalue weighted by atomic mass is 10.2. The monoisotopic (exact) mass is 431 g/mol. The molecule has 0 fully saturated rings. The number of pyridine rings is 3. The molecule has 4 rings (SSSR count). The normalized spacial score (nSPS) is 12.8. The van der Waals surface area contributed by atoms with E-state index in [1.165, 1.54) is 11.6 Å². The second-order valence-electron chi connectivity index (χ2n) is 6.25. The molecule has 0 unspecified atom stereocenters. The molecule has 4 aromatic heterocycles. The molecule has 0 N–H and O–H groups in total. The van der Waals surface area contributed by atoms with Gasteiger partial charge >= 0.3 is 12.4 Å². The molecule has 0 amide bonds. The van der Waals surface area contributed by atoms with Crippen LogP contribution in [0.4, 0.5) is 30.7 Å². The van der Waals surface area contributed by atoms with Crippen LogP contribution in [0.3, 0.4) is 0 Å². The zero-order valence-corrected chi connectivity index (χ0v) is 14.7. The maximum Gasteiger partial charge on any atom is 0.436 e. The summed E-state index contributed by atoms with van der Waals surface area (Å²) in [5.41, 5.74) is -6.79. The van der Waals surface area contributed by atoms with E-state index in [2.05, 4.69) is 15.0 Å². The first-order valence-electron chi connectivity index (χ1n) is 8.07. The molecule has 30 heavy (non-hydrogen) atoms. The predicted molar refractivity (Wildman–Crippen MR) is 89.4 cm³/mol. The maximum absolute atomic E-state index is 14.2. The number of fused-ring (bicyclic) bond motifs is 3. The van der Waals surface area contributed by atoms with E-state index in [9.17, 15) is 35.5 Å². The summed E-state index contributed by atoms with van der Waals surface area (Å²) >= 11 is 0. The van der Waals surface area contributed by atoms with Gasteiger partial charge in [0, 0.05) is 18.6 Å². The molecule has 13 heteroatoms. The summed E-state index contributed by atoms with van der Waals surface area (Å²) in [6.45, 7) is 0. The largest absolute Gasteiger partial charge is 0.436 e. The minimum atomic E-state index is -5.25. The highest BCUT2D eigenvalue weighted by Crippen LogP contribution is 2.35. The van der Waals surface area contributed by atoms with Gasteiger partial charge < -0.3 is 4.57 Å². The standard InChI is InChI=1S/C17H8F7N5O/c1-28-6-26-10-11(28)7-5-8(18)12(16(19,20)21)27-14(7)29(15(10)30)9-3-2-4-25-13(9)17(22,23)24/h2-6H,1H3. The highest BCUT2D eigenvalue weighted by molar-refractivity contribution is 6.01. The van der Waals surface area contributed by atoms with Gasteiger partial charge in [-0.2, -0.15) is 26.3 Å². The number of hydrogen-bond donors (Lipinski definition) is 0. The molecular weight excluding hydrogens is 423 g/mol. The molecule has 0 aliphatic carbocycles. The second kappa shape index (κ2) is 6.24. The first kappa shape index (κ1) is 19.8. The maximum atomic E-state index is 14.2. The van der Waals surface area contributed by atoms with E-state index in [-0.39, 0.29) is 16.4 Å². The van der Waals surface area contributed by atoms with E-state index in [0.717, 1.165) is 24.7 Å². The molecule has 4 heterocycles. The van der Waals surface area contributed by atoms with Crippen LogP contribution >= 0.6 is 0 Å². The minimum Gasteiger partial charge on any atom is -0.333 e. The van der Waals surface area contributed by atoms with E-state index < -0.39 is 46.5 Å². The number of rotatable bonds is 1. The molecule has 156 valence electrons. The molecule has 0 atom stereocenters. The molecule has 0 spiro atoms. The van der Waals surface area contributed by atoms with Crippen LogP contribution < -0.4 is 5.56 Å². The van der Waals surface area contributed by atoms with Gasteiger partial charge in [0.15, 0.2) is 28.4 Å².